The highest BCUT2D eigenvalue weighted by molar-refractivity contribution is 6.31. The average molecular weight is 297 g/mol. The first-order valence-corrected chi connectivity index (χ1v) is 7.86. The summed E-state index contributed by atoms with van der Waals surface area (Å²) in [7, 11) is 0. The second-order valence-electron chi connectivity index (χ2n) is 5.80. The Balaban J connectivity index is 2.09. The van der Waals surface area contributed by atoms with Crippen LogP contribution in [0.15, 0.2) is 18.2 Å². The standard InChI is InChI=1S/C16H25ClN2O/c1-11-6-7-12(8-14(11)17)16(9-18)19-15-5-3-2-4-13(15)10-20/h6-8,13,15-16,19-20H,2-5,9-10,18H2,1H3. The van der Waals surface area contributed by atoms with Gasteiger partial charge < -0.3 is 16.2 Å². The Kier molecular flexibility index (Phi) is 5.85. The van der Waals surface area contributed by atoms with E-state index in [0.717, 1.165) is 29.0 Å². The summed E-state index contributed by atoms with van der Waals surface area (Å²) in [6.07, 6.45) is 4.65. The van der Waals surface area contributed by atoms with E-state index in [-0.39, 0.29) is 12.6 Å². The van der Waals surface area contributed by atoms with Gasteiger partial charge in [0.1, 0.15) is 0 Å². The summed E-state index contributed by atoms with van der Waals surface area (Å²) < 4.78 is 0. The Labute approximate surface area is 126 Å². The number of hydrogen-bond acceptors (Lipinski definition) is 3. The minimum absolute atomic E-state index is 0.102. The third-order valence-electron chi connectivity index (χ3n) is 4.39. The van der Waals surface area contributed by atoms with Gasteiger partial charge in [-0.05, 0) is 42.9 Å². The molecule has 0 aromatic heterocycles. The lowest BCUT2D eigenvalue weighted by molar-refractivity contribution is 0.146. The van der Waals surface area contributed by atoms with Crippen molar-refractivity contribution in [2.75, 3.05) is 13.2 Å². The maximum Gasteiger partial charge on any atom is 0.0474 e. The summed E-state index contributed by atoms with van der Waals surface area (Å²) in [6, 6.07) is 6.57. The second kappa shape index (κ2) is 7.41. The van der Waals surface area contributed by atoms with Crippen LogP contribution in [0, 0.1) is 12.8 Å². The molecule has 1 aliphatic rings. The number of aryl methyl sites for hydroxylation is 1. The molecule has 3 atom stereocenters. The van der Waals surface area contributed by atoms with Gasteiger partial charge in [-0.2, -0.15) is 0 Å². The molecule has 0 spiro atoms. The molecule has 0 aliphatic heterocycles. The van der Waals surface area contributed by atoms with E-state index in [1.807, 2.05) is 19.1 Å². The van der Waals surface area contributed by atoms with E-state index in [4.69, 9.17) is 17.3 Å². The van der Waals surface area contributed by atoms with Crippen LogP contribution in [-0.2, 0) is 0 Å². The SMILES string of the molecule is Cc1ccc(C(CN)NC2CCCCC2CO)cc1Cl. The zero-order valence-electron chi connectivity index (χ0n) is 12.1. The van der Waals surface area contributed by atoms with Gasteiger partial charge in [-0.3, -0.25) is 0 Å². The fraction of sp³-hybridized carbons (Fsp3) is 0.625. The molecule has 0 bridgehead atoms. The molecule has 1 aliphatic carbocycles. The number of aliphatic hydroxyl groups excluding tert-OH is 1. The van der Waals surface area contributed by atoms with Crippen molar-refractivity contribution < 1.29 is 5.11 Å². The Morgan fingerprint density at radius 3 is 2.80 bits per heavy atom. The van der Waals surface area contributed by atoms with E-state index in [9.17, 15) is 5.11 Å². The molecule has 2 rings (SSSR count). The van der Waals surface area contributed by atoms with Gasteiger partial charge in [0.25, 0.3) is 0 Å². The number of hydrogen-bond donors (Lipinski definition) is 3. The largest absolute Gasteiger partial charge is 0.396 e. The van der Waals surface area contributed by atoms with Crippen molar-refractivity contribution in [3.05, 3.63) is 34.3 Å². The first-order valence-electron chi connectivity index (χ1n) is 7.48. The summed E-state index contributed by atoms with van der Waals surface area (Å²) in [5.74, 6) is 0.346. The van der Waals surface area contributed by atoms with Gasteiger partial charge in [0.2, 0.25) is 0 Å². The van der Waals surface area contributed by atoms with Crippen LogP contribution in [0.25, 0.3) is 0 Å². The van der Waals surface area contributed by atoms with Crippen LogP contribution in [0.4, 0.5) is 0 Å². The molecule has 1 aromatic rings. The van der Waals surface area contributed by atoms with Crippen molar-refractivity contribution >= 4 is 11.6 Å². The second-order valence-corrected chi connectivity index (χ2v) is 6.20. The topological polar surface area (TPSA) is 58.3 Å². The molecule has 4 heteroatoms. The van der Waals surface area contributed by atoms with Crippen LogP contribution in [0.1, 0.15) is 42.9 Å². The quantitative estimate of drug-likeness (QED) is 0.783. The smallest absolute Gasteiger partial charge is 0.0474 e. The molecule has 4 N–H and O–H groups in total. The van der Waals surface area contributed by atoms with Crippen molar-refractivity contribution in [1.82, 2.24) is 5.32 Å². The molecule has 20 heavy (non-hydrogen) atoms. The summed E-state index contributed by atoms with van der Waals surface area (Å²) >= 11 is 6.20. The van der Waals surface area contributed by atoms with E-state index in [2.05, 4.69) is 11.4 Å². The zero-order valence-corrected chi connectivity index (χ0v) is 12.9. The Hall–Kier alpha value is -0.610. The lowest BCUT2D eigenvalue weighted by atomic mass is 9.84. The van der Waals surface area contributed by atoms with Gasteiger partial charge in [-0.25, -0.2) is 0 Å². The Bertz CT molecular complexity index is 438. The summed E-state index contributed by atoms with van der Waals surface area (Å²) in [5, 5.41) is 13.9. The molecule has 3 nitrogen and oxygen atoms in total. The van der Waals surface area contributed by atoms with E-state index >= 15 is 0 Å². The van der Waals surface area contributed by atoms with Gasteiger partial charge in [0.15, 0.2) is 0 Å². The van der Waals surface area contributed by atoms with E-state index in [0.29, 0.717) is 18.5 Å². The molecule has 1 saturated carbocycles. The highest BCUT2D eigenvalue weighted by Crippen LogP contribution is 2.27. The van der Waals surface area contributed by atoms with Gasteiger partial charge in [0.05, 0.1) is 0 Å². The number of nitrogens with two attached hydrogens (primary N) is 1. The third kappa shape index (κ3) is 3.73. The number of rotatable bonds is 5. The molecule has 0 amide bonds. The summed E-state index contributed by atoms with van der Waals surface area (Å²) in [4.78, 5) is 0. The number of halogens is 1. The van der Waals surface area contributed by atoms with E-state index in [1.165, 1.54) is 12.8 Å². The lowest BCUT2D eigenvalue weighted by Crippen LogP contribution is -2.44. The van der Waals surface area contributed by atoms with Crippen LogP contribution in [0.3, 0.4) is 0 Å². The predicted octanol–water partition coefficient (Wildman–Crippen LogP) is 2.79. The molecule has 0 heterocycles. The molecule has 112 valence electrons. The van der Waals surface area contributed by atoms with E-state index < -0.39 is 0 Å². The number of benzene rings is 1. The van der Waals surface area contributed by atoms with Gasteiger partial charge in [-0.15, -0.1) is 0 Å². The molecule has 0 saturated heterocycles. The number of aliphatic hydroxyl groups is 1. The lowest BCUT2D eigenvalue weighted by Gasteiger charge is -2.34. The normalized spacial score (nSPS) is 24.6. The maximum atomic E-state index is 9.51. The minimum Gasteiger partial charge on any atom is -0.396 e. The van der Waals surface area contributed by atoms with Crippen LogP contribution in [-0.4, -0.2) is 24.3 Å². The van der Waals surface area contributed by atoms with Crippen LogP contribution < -0.4 is 11.1 Å². The monoisotopic (exact) mass is 296 g/mol. The van der Waals surface area contributed by atoms with Gasteiger partial charge >= 0.3 is 0 Å². The summed E-state index contributed by atoms with van der Waals surface area (Å²) in [5.41, 5.74) is 8.14. The first-order chi connectivity index (χ1) is 9.65. The van der Waals surface area contributed by atoms with Crippen LogP contribution in [0.5, 0.6) is 0 Å². The Morgan fingerprint density at radius 1 is 1.40 bits per heavy atom. The van der Waals surface area contributed by atoms with Crippen molar-refractivity contribution in [3.8, 4) is 0 Å². The number of nitrogens with one attached hydrogen (secondary N) is 1. The van der Waals surface area contributed by atoms with Gasteiger partial charge in [0, 0.05) is 30.3 Å². The zero-order chi connectivity index (χ0) is 14.5. The maximum absolute atomic E-state index is 9.51. The summed E-state index contributed by atoms with van der Waals surface area (Å²) in [6.45, 7) is 2.79. The van der Waals surface area contributed by atoms with Crippen molar-refractivity contribution in [2.45, 2.75) is 44.7 Å². The fourth-order valence-electron chi connectivity index (χ4n) is 3.03. The third-order valence-corrected chi connectivity index (χ3v) is 4.80. The van der Waals surface area contributed by atoms with Crippen molar-refractivity contribution in [2.24, 2.45) is 11.7 Å². The molecule has 0 radical (unpaired) electrons. The average Bonchev–Trinajstić information content (AvgIpc) is 2.48. The molecule has 1 aromatic carbocycles. The highest BCUT2D eigenvalue weighted by atomic mass is 35.5. The van der Waals surface area contributed by atoms with Gasteiger partial charge in [-0.1, -0.05) is 36.6 Å². The predicted molar refractivity (Wildman–Crippen MR) is 84.0 cm³/mol. The molecular formula is C16H25ClN2O. The minimum atomic E-state index is 0.102. The molecular weight excluding hydrogens is 272 g/mol. The first kappa shape index (κ1) is 15.8. The van der Waals surface area contributed by atoms with E-state index in [1.54, 1.807) is 0 Å². The van der Waals surface area contributed by atoms with Crippen molar-refractivity contribution in [1.29, 1.82) is 0 Å². The molecule has 1 fully saturated rings. The highest BCUT2D eigenvalue weighted by Gasteiger charge is 2.26. The fourth-order valence-corrected chi connectivity index (χ4v) is 3.22. The molecule has 3 unspecified atom stereocenters. The Morgan fingerprint density at radius 2 is 2.15 bits per heavy atom. The van der Waals surface area contributed by atoms with Crippen LogP contribution in [0.2, 0.25) is 5.02 Å². The van der Waals surface area contributed by atoms with Crippen molar-refractivity contribution in [3.63, 3.8) is 0 Å². The van der Waals surface area contributed by atoms with Crippen LogP contribution >= 0.6 is 11.6 Å².